The van der Waals surface area contributed by atoms with Crippen LogP contribution in [0.2, 0.25) is 0 Å². The van der Waals surface area contributed by atoms with Gasteiger partial charge >= 0.3 is 5.97 Å². The third-order valence-corrected chi connectivity index (χ3v) is 4.27. The summed E-state index contributed by atoms with van der Waals surface area (Å²) in [6.45, 7) is 2.39. The van der Waals surface area contributed by atoms with Crippen molar-refractivity contribution in [3.8, 4) is 5.75 Å². The van der Waals surface area contributed by atoms with Crippen molar-refractivity contribution < 1.29 is 19.8 Å². The molecule has 1 saturated heterocycles. The molecule has 0 saturated carbocycles. The summed E-state index contributed by atoms with van der Waals surface area (Å²) in [5.74, 6) is -1.24. The number of rotatable bonds is 2. The van der Waals surface area contributed by atoms with Crippen molar-refractivity contribution in [2.24, 2.45) is 5.92 Å². The zero-order valence-electron chi connectivity index (χ0n) is 11.0. The maximum Gasteiger partial charge on any atom is 0.326 e. The number of benzene rings is 1. The van der Waals surface area contributed by atoms with Gasteiger partial charge in [0, 0.05) is 10.1 Å². The second-order valence-corrected chi connectivity index (χ2v) is 6.39. The highest BCUT2D eigenvalue weighted by molar-refractivity contribution is 14.1. The van der Waals surface area contributed by atoms with Crippen LogP contribution in [-0.2, 0) is 4.79 Å². The van der Waals surface area contributed by atoms with Gasteiger partial charge in [-0.25, -0.2) is 4.79 Å². The third kappa shape index (κ3) is 3.05. The molecule has 0 radical (unpaired) electrons. The number of hydrogen-bond donors (Lipinski definition) is 2. The molecule has 2 unspecified atom stereocenters. The number of phenols is 1. The van der Waals surface area contributed by atoms with Crippen LogP contribution in [0.4, 0.5) is 0 Å². The van der Waals surface area contributed by atoms with Crippen LogP contribution in [0.3, 0.4) is 0 Å². The first-order chi connectivity index (χ1) is 9.40. The first-order valence-electron chi connectivity index (χ1n) is 6.42. The van der Waals surface area contributed by atoms with Crippen LogP contribution >= 0.6 is 22.6 Å². The lowest BCUT2D eigenvalue weighted by atomic mass is 9.92. The maximum absolute atomic E-state index is 12.5. The van der Waals surface area contributed by atoms with Crippen molar-refractivity contribution in [1.29, 1.82) is 0 Å². The lowest BCUT2D eigenvalue weighted by Gasteiger charge is -2.36. The number of piperidine rings is 1. The summed E-state index contributed by atoms with van der Waals surface area (Å²) in [6.07, 6.45) is 1.23. The molecule has 1 aromatic rings. The van der Waals surface area contributed by atoms with Crippen molar-refractivity contribution in [3.63, 3.8) is 0 Å². The molecule has 108 valence electrons. The zero-order valence-corrected chi connectivity index (χ0v) is 13.2. The molecule has 6 heteroatoms. The predicted octanol–water partition coefficient (Wildman–Crippen LogP) is 2.32. The summed E-state index contributed by atoms with van der Waals surface area (Å²) in [6, 6.07) is 3.91. The standard InChI is InChI=1S/C14H16INO4/c1-8-4-5-16(11(6-8)14(19)20)13(18)10-7-9(15)2-3-12(10)17/h2-3,7-8,11,17H,4-6H2,1H3,(H,19,20). The number of likely N-dealkylation sites (tertiary alicyclic amines) is 1. The Balaban J connectivity index is 2.31. The van der Waals surface area contributed by atoms with Crippen molar-refractivity contribution >= 4 is 34.5 Å². The number of amides is 1. The number of aliphatic carboxylic acids is 1. The fourth-order valence-corrected chi connectivity index (χ4v) is 2.94. The first-order valence-corrected chi connectivity index (χ1v) is 7.50. The van der Waals surface area contributed by atoms with E-state index in [1.54, 1.807) is 12.1 Å². The molecule has 0 bridgehead atoms. The van der Waals surface area contributed by atoms with E-state index in [0.717, 1.165) is 9.99 Å². The number of carboxylic acids is 1. The molecule has 1 fully saturated rings. The van der Waals surface area contributed by atoms with E-state index in [4.69, 9.17) is 0 Å². The van der Waals surface area contributed by atoms with Crippen LogP contribution in [0, 0.1) is 9.49 Å². The number of carbonyl (C=O) groups is 2. The van der Waals surface area contributed by atoms with E-state index >= 15 is 0 Å². The van der Waals surface area contributed by atoms with E-state index in [0.29, 0.717) is 13.0 Å². The zero-order chi connectivity index (χ0) is 14.9. The average molecular weight is 389 g/mol. The second kappa shape index (κ2) is 5.99. The smallest absolute Gasteiger partial charge is 0.326 e. The van der Waals surface area contributed by atoms with E-state index in [1.165, 1.54) is 11.0 Å². The van der Waals surface area contributed by atoms with Crippen molar-refractivity contribution in [3.05, 3.63) is 27.3 Å². The van der Waals surface area contributed by atoms with E-state index in [2.05, 4.69) is 22.6 Å². The maximum atomic E-state index is 12.5. The van der Waals surface area contributed by atoms with Gasteiger partial charge in [0.25, 0.3) is 5.91 Å². The molecular weight excluding hydrogens is 373 g/mol. The number of phenolic OH excluding ortho intramolecular Hbond substituents is 1. The molecule has 1 aliphatic rings. The number of hydrogen-bond acceptors (Lipinski definition) is 3. The Morgan fingerprint density at radius 1 is 1.40 bits per heavy atom. The van der Waals surface area contributed by atoms with Crippen LogP contribution in [0.5, 0.6) is 5.75 Å². The van der Waals surface area contributed by atoms with Gasteiger partial charge in [-0.05, 0) is 59.5 Å². The summed E-state index contributed by atoms with van der Waals surface area (Å²) in [4.78, 5) is 25.2. The highest BCUT2D eigenvalue weighted by Gasteiger charge is 2.35. The SMILES string of the molecule is CC1CCN(C(=O)c2cc(I)ccc2O)C(C(=O)O)C1. The van der Waals surface area contributed by atoms with E-state index < -0.39 is 17.9 Å². The minimum absolute atomic E-state index is 0.113. The quantitative estimate of drug-likeness (QED) is 0.762. The topological polar surface area (TPSA) is 77.8 Å². The van der Waals surface area contributed by atoms with Gasteiger partial charge in [0.05, 0.1) is 5.56 Å². The van der Waals surface area contributed by atoms with Crippen LogP contribution in [-0.4, -0.2) is 39.6 Å². The average Bonchev–Trinajstić information content (AvgIpc) is 2.40. The molecule has 1 amide bonds. The van der Waals surface area contributed by atoms with Gasteiger partial charge in [0.1, 0.15) is 11.8 Å². The monoisotopic (exact) mass is 389 g/mol. The normalized spacial score (nSPS) is 22.6. The highest BCUT2D eigenvalue weighted by atomic mass is 127. The lowest BCUT2D eigenvalue weighted by molar-refractivity contribution is -0.144. The molecule has 0 aliphatic carbocycles. The Morgan fingerprint density at radius 2 is 2.10 bits per heavy atom. The van der Waals surface area contributed by atoms with Crippen molar-refractivity contribution in [1.82, 2.24) is 4.90 Å². The van der Waals surface area contributed by atoms with Crippen LogP contribution < -0.4 is 0 Å². The summed E-state index contributed by atoms with van der Waals surface area (Å²) >= 11 is 2.05. The Bertz CT molecular complexity index is 546. The third-order valence-electron chi connectivity index (χ3n) is 3.60. The molecule has 0 spiro atoms. The molecule has 2 rings (SSSR count). The fraction of sp³-hybridized carbons (Fsp3) is 0.429. The van der Waals surface area contributed by atoms with E-state index in [-0.39, 0.29) is 17.2 Å². The second-order valence-electron chi connectivity index (χ2n) is 5.14. The van der Waals surface area contributed by atoms with Gasteiger partial charge in [-0.15, -0.1) is 0 Å². The number of halogens is 1. The minimum atomic E-state index is -0.991. The van der Waals surface area contributed by atoms with E-state index in [9.17, 15) is 19.8 Å². The fourth-order valence-electron chi connectivity index (χ4n) is 2.45. The first kappa shape index (κ1) is 15.1. The number of carboxylic acid groups (broad SMARTS) is 1. The largest absolute Gasteiger partial charge is 0.507 e. The molecule has 5 nitrogen and oxygen atoms in total. The van der Waals surface area contributed by atoms with Gasteiger partial charge in [-0.2, -0.15) is 0 Å². The molecule has 2 N–H and O–H groups in total. The Hall–Kier alpha value is -1.31. The molecule has 1 heterocycles. The molecule has 1 aliphatic heterocycles. The van der Waals surface area contributed by atoms with Gasteiger partial charge in [0.15, 0.2) is 0 Å². The molecule has 1 aromatic carbocycles. The Morgan fingerprint density at radius 3 is 2.75 bits per heavy atom. The Kier molecular flexibility index (Phi) is 4.52. The van der Waals surface area contributed by atoms with Gasteiger partial charge in [-0.3, -0.25) is 4.79 Å². The number of nitrogens with zero attached hydrogens (tertiary/aromatic N) is 1. The molecule has 20 heavy (non-hydrogen) atoms. The Labute approximate surface area is 130 Å². The lowest BCUT2D eigenvalue weighted by Crippen LogP contribution is -2.49. The van der Waals surface area contributed by atoms with Gasteiger partial charge < -0.3 is 15.1 Å². The number of aromatic hydroxyl groups is 1. The van der Waals surface area contributed by atoms with Gasteiger partial charge in [0.2, 0.25) is 0 Å². The molecule has 2 atom stereocenters. The summed E-state index contributed by atoms with van der Waals surface area (Å²) < 4.78 is 0.820. The molecular formula is C14H16INO4. The summed E-state index contributed by atoms with van der Waals surface area (Å²) in [5, 5.41) is 19.1. The minimum Gasteiger partial charge on any atom is -0.507 e. The molecule has 0 aromatic heterocycles. The summed E-state index contributed by atoms with van der Waals surface area (Å²) in [5.41, 5.74) is 0.165. The van der Waals surface area contributed by atoms with E-state index in [1.807, 2.05) is 6.92 Å². The number of carbonyl (C=O) groups excluding carboxylic acids is 1. The van der Waals surface area contributed by atoms with Crippen molar-refractivity contribution in [2.75, 3.05) is 6.54 Å². The summed E-state index contributed by atoms with van der Waals surface area (Å²) in [7, 11) is 0. The van der Waals surface area contributed by atoms with Gasteiger partial charge in [-0.1, -0.05) is 6.92 Å². The van der Waals surface area contributed by atoms with Crippen LogP contribution in [0.15, 0.2) is 18.2 Å². The highest BCUT2D eigenvalue weighted by Crippen LogP contribution is 2.27. The van der Waals surface area contributed by atoms with Crippen molar-refractivity contribution in [2.45, 2.75) is 25.8 Å². The van der Waals surface area contributed by atoms with Crippen LogP contribution in [0.1, 0.15) is 30.1 Å². The predicted molar refractivity (Wildman–Crippen MR) is 81.7 cm³/mol. The van der Waals surface area contributed by atoms with Crippen LogP contribution in [0.25, 0.3) is 0 Å².